The van der Waals surface area contributed by atoms with E-state index in [1.165, 1.54) is 13.3 Å². The molecule has 2 spiro atoms. The van der Waals surface area contributed by atoms with E-state index < -0.39 is 29.1 Å². The second-order valence-corrected chi connectivity index (χ2v) is 14.4. The first kappa shape index (κ1) is 51.1. The van der Waals surface area contributed by atoms with E-state index in [1.807, 2.05) is 56.3 Å². The Labute approximate surface area is 359 Å². The molecular weight excluding hydrogens is 746 g/mol. The number of carbonyl (C=O) groups is 6. The molecule has 2 aromatic carbocycles. The van der Waals surface area contributed by atoms with E-state index in [0.29, 0.717) is 12.3 Å². The molecule has 307 valence electrons. The van der Waals surface area contributed by atoms with Gasteiger partial charge in [-0.3, -0.25) is 15.4 Å². The summed E-state index contributed by atoms with van der Waals surface area (Å²) in [5.41, 5.74) is 3.20. The molecule has 0 bridgehead atoms. The molecule has 57 heavy (non-hydrogen) atoms. The Balaban J connectivity index is 0.000000398. The van der Waals surface area contributed by atoms with Gasteiger partial charge in [0.25, 0.3) is 0 Å². The van der Waals surface area contributed by atoms with Gasteiger partial charge in [0.05, 0.1) is 11.4 Å². The van der Waals surface area contributed by atoms with Gasteiger partial charge in [-0.25, -0.2) is 29.0 Å². The summed E-state index contributed by atoms with van der Waals surface area (Å²) in [6.07, 6.45) is 5.68. The van der Waals surface area contributed by atoms with Crippen molar-refractivity contribution in [1.29, 1.82) is 0 Å². The Morgan fingerprint density at radius 2 is 1.18 bits per heavy atom. The number of rotatable bonds is 5. The Hall–Kier alpha value is -3.96. The predicted octanol–water partition coefficient (Wildman–Crippen LogP) is 3.31. The number of benzene rings is 2. The Bertz CT molecular complexity index is 1580. The first-order chi connectivity index (χ1) is 26.6. The van der Waals surface area contributed by atoms with E-state index >= 15 is 0 Å². The van der Waals surface area contributed by atoms with Crippen LogP contribution < -0.4 is 45.5 Å². The van der Waals surface area contributed by atoms with Gasteiger partial charge in [-0.15, -0.1) is 0 Å². The molecule has 2 amide bonds. The van der Waals surface area contributed by atoms with Gasteiger partial charge < -0.3 is 37.2 Å². The summed E-state index contributed by atoms with van der Waals surface area (Å²) < 4.78 is 14.9. The molecule has 0 saturated carbocycles. The zero-order chi connectivity index (χ0) is 41.7. The maximum atomic E-state index is 11.8. The zero-order valence-electron chi connectivity index (χ0n) is 34.6. The van der Waals surface area contributed by atoms with Gasteiger partial charge in [-0.1, -0.05) is 64.1 Å². The molecular formula is C40H57BN4NaO11. The van der Waals surface area contributed by atoms with Crippen molar-refractivity contribution in [2.75, 3.05) is 43.4 Å². The van der Waals surface area contributed by atoms with Crippen LogP contribution in [0.2, 0.25) is 0 Å². The first-order valence-corrected chi connectivity index (χ1v) is 18.8. The molecule has 6 rings (SSSR count). The van der Waals surface area contributed by atoms with Gasteiger partial charge in [-0.2, -0.15) is 0 Å². The fourth-order valence-electron chi connectivity index (χ4n) is 6.18. The van der Waals surface area contributed by atoms with E-state index in [0.717, 1.165) is 107 Å². The standard InChI is InChI=1S/C17H24N2O2.C12H14N2O2.C5H10O.C4H6O4.C2H3BO2.Na/c1-13(2)7-10-19-11-8-17(9-12-19)14-5-3-4-6-15(14)18-16(20)21-17;15-11-14-10-4-2-1-3-9(10)12(16-11)5-7-13-8-6-12;1-5(2)3-4-6;1-3(5)7-8-4(2)6;1-2(4)5-3;/h3-6,13H,7-12H2,1-2H3,(H,18,20);1-4,13H,5-8H2,(H,14,15);4-5H,3H2,1-2H3;1-2H3;1H3;/q;;;;-1;+1. The molecule has 2 saturated heterocycles. The molecule has 4 heterocycles. The molecule has 3 N–H and O–H groups in total. The van der Waals surface area contributed by atoms with Crippen LogP contribution in [0.3, 0.4) is 0 Å². The number of hydrogen-bond donors (Lipinski definition) is 3. The van der Waals surface area contributed by atoms with Gasteiger partial charge in [0.15, 0.2) is 0 Å². The summed E-state index contributed by atoms with van der Waals surface area (Å²) in [5.74, 6) is -0.480. The normalized spacial score (nSPS) is 16.6. The minimum absolute atomic E-state index is 0. The smallest absolute Gasteiger partial charge is 0.793 e. The van der Waals surface area contributed by atoms with Gasteiger partial charge in [-0.05, 0) is 50.0 Å². The molecule has 0 aromatic heterocycles. The summed E-state index contributed by atoms with van der Waals surface area (Å²) in [7, 11) is 4.32. The van der Waals surface area contributed by atoms with Crippen molar-refractivity contribution >= 4 is 55.8 Å². The van der Waals surface area contributed by atoms with E-state index in [4.69, 9.17) is 9.47 Å². The van der Waals surface area contributed by atoms with Crippen LogP contribution in [0.25, 0.3) is 0 Å². The van der Waals surface area contributed by atoms with Crippen LogP contribution >= 0.6 is 0 Å². The van der Waals surface area contributed by atoms with Gasteiger partial charge in [0.2, 0.25) is 5.97 Å². The summed E-state index contributed by atoms with van der Waals surface area (Å²) in [6, 6.07) is 15.9. The molecule has 0 atom stereocenters. The van der Waals surface area contributed by atoms with Crippen LogP contribution in [0.4, 0.5) is 21.0 Å². The largest absolute Gasteiger partial charge is 1.00 e. The predicted molar refractivity (Wildman–Crippen MR) is 210 cm³/mol. The van der Waals surface area contributed by atoms with Crippen molar-refractivity contribution in [2.24, 2.45) is 11.8 Å². The second kappa shape index (κ2) is 26.1. The van der Waals surface area contributed by atoms with Gasteiger partial charge >= 0.3 is 53.7 Å². The monoisotopic (exact) mass is 803 g/mol. The number of amides is 2. The Morgan fingerprint density at radius 1 is 0.754 bits per heavy atom. The molecule has 15 nitrogen and oxygen atoms in total. The van der Waals surface area contributed by atoms with Gasteiger partial charge in [0, 0.05) is 77.1 Å². The van der Waals surface area contributed by atoms with Crippen LogP contribution in [0.5, 0.6) is 0 Å². The molecule has 2 fully saturated rings. The number of aldehydes is 1. The number of nitrogens with one attached hydrogen (secondary N) is 3. The molecule has 0 unspecified atom stereocenters. The van der Waals surface area contributed by atoms with Crippen molar-refractivity contribution in [1.82, 2.24) is 10.2 Å². The van der Waals surface area contributed by atoms with Crippen LogP contribution in [0.15, 0.2) is 48.5 Å². The SMILES string of the molecule is CC(=O)OOC(C)=O.CC(C)CC=O.CC(C)CCN1CCC2(CC1)OC(=O)Nc1ccccc12.O=C1Nc2ccccc2C2(CCNCC2)O1.[B-]OC(C)=O.[Na+]. The van der Waals surface area contributed by atoms with E-state index in [-0.39, 0.29) is 41.7 Å². The third kappa shape index (κ3) is 18.0. The number of nitrogens with zero attached hydrogens (tertiary/aromatic N) is 1. The van der Waals surface area contributed by atoms with E-state index in [9.17, 15) is 28.8 Å². The van der Waals surface area contributed by atoms with E-state index in [1.54, 1.807) is 0 Å². The first-order valence-electron chi connectivity index (χ1n) is 18.8. The average molecular weight is 804 g/mol. The van der Waals surface area contributed by atoms with Crippen molar-refractivity contribution in [3.05, 3.63) is 59.7 Å². The van der Waals surface area contributed by atoms with Crippen LogP contribution in [0, 0.1) is 11.8 Å². The molecule has 4 aliphatic rings. The minimum atomic E-state index is -0.639. The molecule has 4 aliphatic heterocycles. The Morgan fingerprint density at radius 3 is 1.53 bits per heavy atom. The second-order valence-electron chi connectivity index (χ2n) is 14.4. The van der Waals surface area contributed by atoms with Crippen molar-refractivity contribution in [2.45, 2.75) is 98.2 Å². The van der Waals surface area contributed by atoms with Crippen molar-refractivity contribution in [3.63, 3.8) is 0 Å². The number of piperidine rings is 2. The molecule has 0 aliphatic carbocycles. The third-order valence-electron chi connectivity index (χ3n) is 8.99. The number of hydrogen-bond acceptors (Lipinski definition) is 13. The van der Waals surface area contributed by atoms with Crippen molar-refractivity contribution < 1.29 is 82.2 Å². The van der Waals surface area contributed by atoms with Crippen LogP contribution in [-0.2, 0) is 54.3 Å². The van der Waals surface area contributed by atoms with E-state index in [2.05, 4.69) is 63.2 Å². The number of fused-ring (bicyclic) bond motifs is 4. The molecule has 2 aromatic rings. The maximum Gasteiger partial charge on any atom is 1.00 e. The Kier molecular flexibility index (Phi) is 23.4. The summed E-state index contributed by atoms with van der Waals surface area (Å²) >= 11 is 0. The van der Waals surface area contributed by atoms with Crippen molar-refractivity contribution in [3.8, 4) is 0 Å². The number of ether oxygens (including phenoxy) is 2. The quantitative estimate of drug-likeness (QED) is 0.173. The fraction of sp³-hybridized carbons (Fsp3) is 0.550. The maximum absolute atomic E-state index is 11.8. The van der Waals surface area contributed by atoms with Gasteiger partial charge in [0.1, 0.15) is 17.5 Å². The fourth-order valence-corrected chi connectivity index (χ4v) is 6.18. The zero-order valence-corrected chi connectivity index (χ0v) is 36.6. The number of anilines is 2. The minimum Gasteiger partial charge on any atom is -0.793 e. The van der Waals surface area contributed by atoms with Crippen LogP contribution in [-0.4, -0.2) is 82.1 Å². The summed E-state index contributed by atoms with van der Waals surface area (Å²) in [6.45, 7) is 17.0. The number of carbonyl (C=O) groups excluding carboxylic acids is 6. The summed E-state index contributed by atoms with van der Waals surface area (Å²) in [5, 5.41) is 8.85. The molecule has 17 heteroatoms. The molecule has 3 radical (unpaired) electrons. The average Bonchev–Trinajstić information content (AvgIpc) is 3.15. The third-order valence-corrected chi connectivity index (χ3v) is 8.99. The topological polar surface area (TPSA) is 188 Å². The number of likely N-dealkylation sites (tertiary alicyclic amines) is 1. The summed E-state index contributed by atoms with van der Waals surface area (Å²) in [4.78, 5) is 72.3. The number of para-hydroxylation sites is 2. The van der Waals surface area contributed by atoms with Crippen LogP contribution in [0.1, 0.15) is 98.1 Å².